The van der Waals surface area contributed by atoms with Crippen LogP contribution in [0.2, 0.25) is 0 Å². The molecule has 1 rings (SSSR count). The molecule has 0 saturated heterocycles. The predicted molar refractivity (Wildman–Crippen MR) is 55.3 cm³/mol. The first-order valence-corrected chi connectivity index (χ1v) is 5.69. The highest BCUT2D eigenvalue weighted by Crippen LogP contribution is 2.23. The van der Waals surface area contributed by atoms with E-state index in [2.05, 4.69) is 0 Å². The van der Waals surface area contributed by atoms with Crippen molar-refractivity contribution >= 4 is 8.25 Å². The highest BCUT2D eigenvalue weighted by atomic mass is 31.1. The van der Waals surface area contributed by atoms with Crippen LogP contribution < -0.4 is 0 Å². The minimum atomic E-state index is -1.93. The number of rotatable bonds is 6. The van der Waals surface area contributed by atoms with Crippen LogP contribution in [0.3, 0.4) is 0 Å². The summed E-state index contributed by atoms with van der Waals surface area (Å²) in [5.74, 6) is 0. The molecule has 0 bridgehead atoms. The van der Waals surface area contributed by atoms with E-state index >= 15 is 0 Å². The van der Waals surface area contributed by atoms with E-state index in [0.717, 1.165) is 6.42 Å². The van der Waals surface area contributed by atoms with Gasteiger partial charge in [-0.05, 0) is 12.5 Å². The van der Waals surface area contributed by atoms with Gasteiger partial charge in [0.05, 0.1) is 0 Å². The summed E-state index contributed by atoms with van der Waals surface area (Å²) in [5, 5.41) is 0. The van der Waals surface area contributed by atoms with Crippen molar-refractivity contribution in [1.82, 2.24) is 0 Å². The standard InChI is InChI=1S/C10H14O3P/c1-2-12-14(11)13-9-8-10-6-4-3-5-7-10/h3-7H,2,8-9H2,1H3/q+1. The number of benzene rings is 1. The van der Waals surface area contributed by atoms with Gasteiger partial charge in [-0.2, -0.15) is 0 Å². The van der Waals surface area contributed by atoms with Crippen LogP contribution >= 0.6 is 8.25 Å². The molecule has 0 heterocycles. The first-order valence-electron chi connectivity index (χ1n) is 4.60. The van der Waals surface area contributed by atoms with E-state index in [1.54, 1.807) is 6.92 Å². The molecule has 4 heteroatoms. The van der Waals surface area contributed by atoms with Crippen molar-refractivity contribution in [3.05, 3.63) is 35.9 Å². The van der Waals surface area contributed by atoms with Gasteiger partial charge in [0.2, 0.25) is 0 Å². The van der Waals surface area contributed by atoms with Crippen LogP contribution in [0, 0.1) is 0 Å². The summed E-state index contributed by atoms with van der Waals surface area (Å²) in [5.41, 5.74) is 1.17. The zero-order chi connectivity index (χ0) is 10.2. The van der Waals surface area contributed by atoms with E-state index in [1.165, 1.54) is 5.56 Å². The lowest BCUT2D eigenvalue weighted by atomic mass is 10.2. The zero-order valence-corrected chi connectivity index (χ0v) is 9.07. The van der Waals surface area contributed by atoms with Crippen LogP contribution in [0.25, 0.3) is 0 Å². The molecule has 14 heavy (non-hydrogen) atoms. The van der Waals surface area contributed by atoms with Crippen molar-refractivity contribution in [2.75, 3.05) is 13.2 Å². The normalized spacial score (nSPS) is 11.4. The lowest BCUT2D eigenvalue weighted by Crippen LogP contribution is -1.93. The van der Waals surface area contributed by atoms with E-state index in [-0.39, 0.29) is 0 Å². The van der Waals surface area contributed by atoms with Gasteiger partial charge in [-0.3, -0.25) is 0 Å². The molecule has 1 unspecified atom stereocenters. The fourth-order valence-electron chi connectivity index (χ4n) is 1.03. The van der Waals surface area contributed by atoms with Crippen LogP contribution in [-0.2, 0) is 20.0 Å². The van der Waals surface area contributed by atoms with Gasteiger partial charge in [-0.1, -0.05) is 30.3 Å². The van der Waals surface area contributed by atoms with Gasteiger partial charge in [0.15, 0.2) is 0 Å². The maximum absolute atomic E-state index is 10.9. The van der Waals surface area contributed by atoms with Crippen molar-refractivity contribution in [3.63, 3.8) is 0 Å². The molecule has 0 radical (unpaired) electrons. The Balaban J connectivity index is 2.19. The fourth-order valence-corrected chi connectivity index (χ4v) is 1.55. The van der Waals surface area contributed by atoms with Gasteiger partial charge >= 0.3 is 8.25 Å². The Kier molecular flexibility index (Phi) is 5.38. The first kappa shape index (κ1) is 11.3. The average molecular weight is 213 g/mol. The molecule has 0 aromatic heterocycles. The van der Waals surface area contributed by atoms with Crippen molar-refractivity contribution in [3.8, 4) is 0 Å². The summed E-state index contributed by atoms with van der Waals surface area (Å²) in [6, 6.07) is 9.93. The molecule has 0 saturated carbocycles. The average Bonchev–Trinajstić information content (AvgIpc) is 2.20. The van der Waals surface area contributed by atoms with Gasteiger partial charge in [0.1, 0.15) is 13.2 Å². The van der Waals surface area contributed by atoms with E-state index < -0.39 is 8.25 Å². The molecule has 76 valence electrons. The van der Waals surface area contributed by atoms with Crippen LogP contribution in [0.1, 0.15) is 12.5 Å². The van der Waals surface area contributed by atoms with E-state index in [1.807, 2.05) is 30.3 Å². The number of hydrogen-bond acceptors (Lipinski definition) is 3. The molecule has 0 aliphatic rings. The highest BCUT2D eigenvalue weighted by molar-refractivity contribution is 7.33. The van der Waals surface area contributed by atoms with Crippen LogP contribution in [0.15, 0.2) is 30.3 Å². The van der Waals surface area contributed by atoms with Crippen molar-refractivity contribution in [2.45, 2.75) is 13.3 Å². The van der Waals surface area contributed by atoms with Gasteiger partial charge in [0, 0.05) is 11.0 Å². The predicted octanol–water partition coefficient (Wildman–Crippen LogP) is 2.94. The Morgan fingerprint density at radius 3 is 2.57 bits per heavy atom. The Hall–Kier alpha value is -0.760. The van der Waals surface area contributed by atoms with Crippen molar-refractivity contribution in [1.29, 1.82) is 0 Å². The van der Waals surface area contributed by atoms with Gasteiger partial charge in [-0.15, -0.1) is 9.05 Å². The molecular formula is C10H14O3P+. The van der Waals surface area contributed by atoms with Gasteiger partial charge < -0.3 is 0 Å². The second kappa shape index (κ2) is 6.66. The largest absolute Gasteiger partial charge is 0.697 e. The second-order valence-electron chi connectivity index (χ2n) is 2.71. The molecule has 0 fully saturated rings. The smallest absolute Gasteiger partial charge is 0.119 e. The Bertz CT molecular complexity index is 274. The van der Waals surface area contributed by atoms with Crippen LogP contribution in [0.4, 0.5) is 0 Å². The molecular weight excluding hydrogens is 199 g/mol. The monoisotopic (exact) mass is 213 g/mol. The molecule has 0 amide bonds. The third kappa shape index (κ3) is 4.47. The molecule has 0 spiro atoms. The third-order valence-corrected chi connectivity index (χ3v) is 2.53. The lowest BCUT2D eigenvalue weighted by molar-refractivity contribution is 0.236. The van der Waals surface area contributed by atoms with E-state index in [0.29, 0.717) is 13.2 Å². The minimum Gasteiger partial charge on any atom is -0.119 e. The quantitative estimate of drug-likeness (QED) is 0.681. The molecule has 0 aliphatic carbocycles. The topological polar surface area (TPSA) is 35.5 Å². The van der Waals surface area contributed by atoms with E-state index in [4.69, 9.17) is 9.05 Å². The van der Waals surface area contributed by atoms with Crippen molar-refractivity contribution < 1.29 is 13.6 Å². The first-order chi connectivity index (χ1) is 6.83. The molecule has 1 aromatic rings. The molecule has 0 N–H and O–H groups in total. The minimum absolute atomic E-state index is 0.417. The Morgan fingerprint density at radius 2 is 1.93 bits per heavy atom. The Labute approximate surface area is 85.0 Å². The number of hydrogen-bond donors (Lipinski definition) is 0. The molecule has 1 aromatic carbocycles. The van der Waals surface area contributed by atoms with Crippen LogP contribution in [0.5, 0.6) is 0 Å². The summed E-state index contributed by atoms with van der Waals surface area (Å²) in [7, 11) is -1.93. The van der Waals surface area contributed by atoms with Gasteiger partial charge in [0.25, 0.3) is 0 Å². The second-order valence-corrected chi connectivity index (χ2v) is 3.67. The maximum atomic E-state index is 10.9. The molecule has 3 nitrogen and oxygen atoms in total. The molecule has 1 atom stereocenters. The SMILES string of the molecule is CCO[P+](=O)OCCc1ccccc1. The summed E-state index contributed by atoms with van der Waals surface area (Å²) < 4.78 is 20.7. The Morgan fingerprint density at radius 1 is 1.21 bits per heavy atom. The summed E-state index contributed by atoms with van der Waals surface area (Å²) in [4.78, 5) is 0. The third-order valence-electron chi connectivity index (χ3n) is 1.66. The summed E-state index contributed by atoms with van der Waals surface area (Å²) in [6.07, 6.45) is 0.759. The zero-order valence-electron chi connectivity index (χ0n) is 8.18. The lowest BCUT2D eigenvalue weighted by Gasteiger charge is -1.95. The maximum Gasteiger partial charge on any atom is 0.697 e. The summed E-state index contributed by atoms with van der Waals surface area (Å²) in [6.45, 7) is 2.63. The highest BCUT2D eigenvalue weighted by Gasteiger charge is 2.17. The summed E-state index contributed by atoms with van der Waals surface area (Å²) >= 11 is 0. The van der Waals surface area contributed by atoms with Crippen molar-refractivity contribution in [2.24, 2.45) is 0 Å². The van der Waals surface area contributed by atoms with Gasteiger partial charge in [-0.25, -0.2) is 0 Å². The van der Waals surface area contributed by atoms with E-state index in [9.17, 15) is 4.57 Å². The fraction of sp³-hybridized carbons (Fsp3) is 0.400. The van der Waals surface area contributed by atoms with Crippen LogP contribution in [-0.4, -0.2) is 13.2 Å². The molecule has 0 aliphatic heterocycles.